The van der Waals surface area contributed by atoms with Gasteiger partial charge in [0.2, 0.25) is 0 Å². The van der Waals surface area contributed by atoms with E-state index in [1.165, 1.54) is 7.11 Å². The standard InChI is InChI=1S/C5H3BClNO2S/c1-10-4(9)2-3(6)11-5(7)8-2/h1H3. The number of carbonyl (C=O) groups is 1. The lowest BCUT2D eigenvalue weighted by Crippen LogP contribution is -2.13. The van der Waals surface area contributed by atoms with Gasteiger partial charge in [0, 0.05) is 0 Å². The van der Waals surface area contributed by atoms with Gasteiger partial charge in [-0.25, -0.2) is 9.78 Å². The summed E-state index contributed by atoms with van der Waals surface area (Å²) >= 11 is 6.53. The minimum atomic E-state index is -0.564. The molecule has 0 aliphatic rings. The van der Waals surface area contributed by atoms with Crippen LogP contribution in [0.15, 0.2) is 0 Å². The maximum atomic E-state index is 10.8. The molecule has 0 atom stereocenters. The number of nitrogens with zero attached hydrogens (tertiary/aromatic N) is 1. The Morgan fingerprint density at radius 1 is 1.82 bits per heavy atom. The van der Waals surface area contributed by atoms with Crippen LogP contribution >= 0.6 is 22.9 Å². The molecule has 0 saturated carbocycles. The summed E-state index contributed by atoms with van der Waals surface area (Å²) in [5.74, 6) is -0.564. The van der Waals surface area contributed by atoms with Crippen molar-refractivity contribution in [3.05, 3.63) is 10.2 Å². The minimum Gasteiger partial charge on any atom is -0.464 e. The lowest BCUT2D eigenvalue weighted by molar-refractivity contribution is 0.0596. The van der Waals surface area contributed by atoms with E-state index in [4.69, 9.17) is 19.4 Å². The molecular weight excluding hydrogens is 184 g/mol. The third kappa shape index (κ3) is 1.72. The lowest BCUT2D eigenvalue weighted by atomic mass is 10.1. The van der Waals surface area contributed by atoms with Crippen LogP contribution in [-0.2, 0) is 4.74 Å². The van der Waals surface area contributed by atoms with Gasteiger partial charge >= 0.3 is 5.97 Å². The summed E-state index contributed by atoms with van der Waals surface area (Å²) in [5.41, 5.74) is 0.0856. The van der Waals surface area contributed by atoms with Gasteiger partial charge in [0.15, 0.2) is 10.2 Å². The highest BCUT2D eigenvalue weighted by Gasteiger charge is 2.13. The highest BCUT2D eigenvalue weighted by atomic mass is 35.5. The lowest BCUT2D eigenvalue weighted by Gasteiger charge is -1.93. The van der Waals surface area contributed by atoms with Crippen LogP contribution in [0.5, 0.6) is 0 Å². The molecule has 0 bridgehead atoms. The fourth-order valence-corrected chi connectivity index (χ4v) is 1.43. The molecular formula is C5H3BClNO2S. The Morgan fingerprint density at radius 2 is 2.45 bits per heavy atom. The number of ether oxygens (including phenoxy) is 1. The number of methoxy groups -OCH3 is 1. The van der Waals surface area contributed by atoms with Gasteiger partial charge in [-0.05, 0) is 4.78 Å². The Hall–Kier alpha value is -0.545. The molecule has 0 aliphatic heterocycles. The van der Waals surface area contributed by atoms with Gasteiger partial charge in [-0.3, -0.25) is 0 Å². The maximum Gasteiger partial charge on any atom is 0.356 e. The van der Waals surface area contributed by atoms with Gasteiger partial charge in [-0.2, -0.15) is 0 Å². The second-order valence-corrected chi connectivity index (χ2v) is 3.28. The Labute approximate surface area is 73.8 Å². The van der Waals surface area contributed by atoms with Crippen LogP contribution in [0, 0.1) is 0 Å². The van der Waals surface area contributed by atoms with Crippen molar-refractivity contribution in [1.29, 1.82) is 0 Å². The van der Waals surface area contributed by atoms with Crippen LogP contribution in [0.1, 0.15) is 10.5 Å². The molecule has 11 heavy (non-hydrogen) atoms. The van der Waals surface area contributed by atoms with E-state index >= 15 is 0 Å². The van der Waals surface area contributed by atoms with Crippen molar-refractivity contribution < 1.29 is 9.53 Å². The van der Waals surface area contributed by atoms with Crippen LogP contribution < -0.4 is 4.78 Å². The highest BCUT2D eigenvalue weighted by Crippen LogP contribution is 2.12. The summed E-state index contributed by atoms with van der Waals surface area (Å²) in [6.45, 7) is 0. The predicted octanol–water partition coefficient (Wildman–Crippen LogP) is 0.377. The number of rotatable bonds is 1. The van der Waals surface area contributed by atoms with Gasteiger partial charge in [-0.15, -0.1) is 11.3 Å². The van der Waals surface area contributed by atoms with Crippen molar-refractivity contribution in [2.24, 2.45) is 0 Å². The van der Waals surface area contributed by atoms with Crippen molar-refractivity contribution in [2.45, 2.75) is 0 Å². The van der Waals surface area contributed by atoms with E-state index in [0.29, 0.717) is 0 Å². The first-order chi connectivity index (χ1) is 5.15. The molecule has 3 nitrogen and oxygen atoms in total. The number of thiazole rings is 1. The van der Waals surface area contributed by atoms with Gasteiger partial charge in [0.25, 0.3) is 0 Å². The van der Waals surface area contributed by atoms with Gasteiger partial charge < -0.3 is 4.74 Å². The zero-order valence-corrected chi connectivity index (χ0v) is 7.20. The maximum absolute atomic E-state index is 10.8. The van der Waals surface area contributed by atoms with Crippen molar-refractivity contribution in [3.63, 3.8) is 0 Å². The molecule has 56 valence electrons. The van der Waals surface area contributed by atoms with E-state index in [-0.39, 0.29) is 14.9 Å². The molecule has 2 radical (unpaired) electrons. The second kappa shape index (κ2) is 3.23. The van der Waals surface area contributed by atoms with Crippen molar-refractivity contribution in [3.8, 4) is 0 Å². The van der Waals surface area contributed by atoms with E-state index in [1.807, 2.05) is 0 Å². The monoisotopic (exact) mass is 187 g/mol. The van der Waals surface area contributed by atoms with E-state index in [1.54, 1.807) is 0 Å². The molecule has 1 rings (SSSR count). The first-order valence-electron chi connectivity index (χ1n) is 2.65. The molecule has 1 aromatic rings. The van der Waals surface area contributed by atoms with E-state index < -0.39 is 5.97 Å². The Balaban J connectivity index is 3.03. The fourth-order valence-electron chi connectivity index (χ4n) is 0.548. The largest absolute Gasteiger partial charge is 0.464 e. The fraction of sp³-hybridized carbons (Fsp3) is 0.200. The molecule has 1 aromatic heterocycles. The van der Waals surface area contributed by atoms with E-state index in [0.717, 1.165) is 11.3 Å². The Kier molecular flexibility index (Phi) is 2.51. The zero-order valence-electron chi connectivity index (χ0n) is 5.63. The van der Waals surface area contributed by atoms with Crippen molar-refractivity contribution in [1.82, 2.24) is 4.98 Å². The number of halogens is 1. The Bertz CT molecular complexity index is 288. The van der Waals surface area contributed by atoms with E-state index in [2.05, 4.69) is 9.72 Å². The summed E-state index contributed by atoms with van der Waals surface area (Å²) in [6, 6.07) is 0. The Morgan fingerprint density at radius 3 is 2.82 bits per heavy atom. The van der Waals surface area contributed by atoms with Crippen LogP contribution in [0.25, 0.3) is 0 Å². The first kappa shape index (κ1) is 8.55. The summed E-state index contributed by atoms with van der Waals surface area (Å²) in [5, 5.41) is 0. The van der Waals surface area contributed by atoms with Crippen molar-refractivity contribution in [2.75, 3.05) is 7.11 Å². The van der Waals surface area contributed by atoms with Crippen LogP contribution in [-0.4, -0.2) is 25.9 Å². The summed E-state index contributed by atoms with van der Waals surface area (Å²) in [6.07, 6.45) is 0. The van der Waals surface area contributed by atoms with Crippen LogP contribution in [0.4, 0.5) is 0 Å². The van der Waals surface area contributed by atoms with Gasteiger partial charge in [-0.1, -0.05) is 11.6 Å². The first-order valence-corrected chi connectivity index (χ1v) is 3.84. The highest BCUT2D eigenvalue weighted by molar-refractivity contribution is 7.23. The number of hydrogen-bond donors (Lipinski definition) is 0. The summed E-state index contributed by atoms with van der Waals surface area (Å²) in [7, 11) is 6.65. The predicted molar refractivity (Wildman–Crippen MR) is 43.9 cm³/mol. The topological polar surface area (TPSA) is 39.2 Å². The number of carbonyl (C=O) groups excluding carboxylic acids is 1. The van der Waals surface area contributed by atoms with Crippen LogP contribution in [0.3, 0.4) is 0 Å². The number of esters is 1. The summed E-state index contributed by atoms with van der Waals surface area (Å²) < 4.78 is 4.92. The van der Waals surface area contributed by atoms with E-state index in [9.17, 15) is 4.79 Å². The zero-order chi connectivity index (χ0) is 8.43. The molecule has 0 amide bonds. The molecule has 6 heteroatoms. The van der Waals surface area contributed by atoms with Crippen molar-refractivity contribution >= 4 is 41.5 Å². The molecule has 1 heterocycles. The molecule has 0 fully saturated rings. The van der Waals surface area contributed by atoms with Crippen LogP contribution in [0.2, 0.25) is 4.47 Å². The molecule has 0 aromatic carbocycles. The second-order valence-electron chi connectivity index (χ2n) is 1.67. The molecule has 0 N–H and O–H groups in total. The smallest absolute Gasteiger partial charge is 0.356 e. The van der Waals surface area contributed by atoms with Gasteiger partial charge in [0.05, 0.1) is 7.11 Å². The third-order valence-corrected chi connectivity index (χ3v) is 1.99. The minimum absolute atomic E-state index is 0.0856. The number of aromatic nitrogens is 1. The molecule has 0 aliphatic carbocycles. The molecule has 0 spiro atoms. The number of hydrogen-bond acceptors (Lipinski definition) is 4. The average molecular weight is 187 g/mol. The average Bonchev–Trinajstić information content (AvgIpc) is 2.28. The van der Waals surface area contributed by atoms with Gasteiger partial charge in [0.1, 0.15) is 7.85 Å². The summed E-state index contributed by atoms with van der Waals surface area (Å²) in [4.78, 5) is 14.5. The SMILES string of the molecule is [B]c1sc(Cl)nc1C(=O)OC. The third-order valence-electron chi connectivity index (χ3n) is 1.01. The quantitative estimate of drug-likeness (QED) is 0.471. The normalized spacial score (nSPS) is 9.64. The molecule has 0 saturated heterocycles. The molecule has 0 unspecified atom stereocenters.